The Morgan fingerprint density at radius 1 is 1.50 bits per heavy atom. The van der Waals surface area contributed by atoms with Crippen molar-refractivity contribution in [3.8, 4) is 0 Å². The second-order valence-electron chi connectivity index (χ2n) is 4.99. The molecule has 0 atom stereocenters. The number of hydrogen-bond acceptors (Lipinski definition) is 6. The van der Waals surface area contributed by atoms with Gasteiger partial charge in [0.15, 0.2) is 6.29 Å². The molecule has 1 N–H and O–H groups in total. The van der Waals surface area contributed by atoms with Gasteiger partial charge in [0.2, 0.25) is 5.69 Å². The first kappa shape index (κ1) is 15.5. The average Bonchev–Trinajstić information content (AvgIpc) is 2.33. The molecule has 0 aromatic carbocycles. The van der Waals surface area contributed by atoms with Crippen molar-refractivity contribution in [3.63, 3.8) is 0 Å². The van der Waals surface area contributed by atoms with E-state index in [2.05, 4.69) is 10.3 Å². The van der Waals surface area contributed by atoms with Gasteiger partial charge in [-0.2, -0.15) is 0 Å². The molecule has 1 aromatic rings. The number of rotatable bonds is 4. The highest BCUT2D eigenvalue weighted by atomic mass is 16.6. The molecule has 0 saturated heterocycles. The number of nitro groups is 1. The summed E-state index contributed by atoms with van der Waals surface area (Å²) in [5.74, 6) is -0.449. The lowest BCUT2D eigenvalue weighted by Gasteiger charge is -2.19. The Kier molecular flexibility index (Phi) is 4.73. The zero-order valence-corrected chi connectivity index (χ0v) is 11.4. The summed E-state index contributed by atoms with van der Waals surface area (Å²) in [6.45, 7) is 5.15. The minimum atomic E-state index is -0.704. The van der Waals surface area contributed by atoms with Crippen molar-refractivity contribution in [2.24, 2.45) is 0 Å². The molecule has 1 aromatic heterocycles. The van der Waals surface area contributed by atoms with E-state index in [0.29, 0.717) is 11.8 Å². The Labute approximate surface area is 115 Å². The molecule has 0 saturated carbocycles. The van der Waals surface area contributed by atoms with Crippen LogP contribution in [0, 0.1) is 10.1 Å². The maximum absolute atomic E-state index is 11.5. The molecule has 0 unspecified atom stereocenters. The molecule has 8 nitrogen and oxygen atoms in total. The topological polar surface area (TPSA) is 111 Å². The van der Waals surface area contributed by atoms with Gasteiger partial charge in [0, 0.05) is 12.6 Å². The van der Waals surface area contributed by atoms with Crippen molar-refractivity contribution >= 4 is 18.2 Å². The van der Waals surface area contributed by atoms with Crippen molar-refractivity contribution in [1.29, 1.82) is 0 Å². The van der Waals surface area contributed by atoms with E-state index < -0.39 is 22.4 Å². The highest BCUT2D eigenvalue weighted by Crippen LogP contribution is 2.12. The third kappa shape index (κ3) is 5.01. The fourth-order valence-electron chi connectivity index (χ4n) is 1.34. The van der Waals surface area contributed by atoms with Crippen LogP contribution in [0.1, 0.15) is 36.8 Å². The summed E-state index contributed by atoms with van der Waals surface area (Å²) in [5.41, 5.74) is -0.317. The van der Waals surface area contributed by atoms with E-state index in [4.69, 9.17) is 4.74 Å². The lowest BCUT2D eigenvalue weighted by Crippen LogP contribution is -2.32. The number of aromatic nitrogens is 1. The maximum atomic E-state index is 11.5. The van der Waals surface area contributed by atoms with Crippen molar-refractivity contribution in [3.05, 3.63) is 33.5 Å². The van der Waals surface area contributed by atoms with Crippen LogP contribution in [0.25, 0.3) is 0 Å². The van der Waals surface area contributed by atoms with Gasteiger partial charge < -0.3 is 20.2 Å². The number of carbonyl (C=O) groups excluding carboxylic acids is 2. The van der Waals surface area contributed by atoms with Crippen LogP contribution in [0.5, 0.6) is 0 Å². The molecule has 0 spiro atoms. The molecule has 0 aliphatic heterocycles. The van der Waals surface area contributed by atoms with Crippen molar-refractivity contribution in [1.82, 2.24) is 10.3 Å². The number of amides is 1. The lowest BCUT2D eigenvalue weighted by molar-refractivity contribution is -0.389. The van der Waals surface area contributed by atoms with Crippen LogP contribution < -0.4 is 5.32 Å². The smallest absolute Gasteiger partial charge is 0.407 e. The van der Waals surface area contributed by atoms with E-state index in [-0.39, 0.29) is 12.2 Å². The molecule has 0 radical (unpaired) electrons. The Morgan fingerprint density at radius 2 is 2.15 bits per heavy atom. The summed E-state index contributed by atoms with van der Waals surface area (Å²) in [5, 5.41) is 13.1. The number of ether oxygens (including phenoxy) is 1. The third-order valence-electron chi connectivity index (χ3n) is 2.03. The summed E-state index contributed by atoms with van der Waals surface area (Å²) in [7, 11) is 0. The zero-order chi connectivity index (χ0) is 15.3. The molecule has 20 heavy (non-hydrogen) atoms. The minimum absolute atomic E-state index is 0.000880. The summed E-state index contributed by atoms with van der Waals surface area (Å²) in [4.78, 5) is 35.6. The summed E-state index contributed by atoms with van der Waals surface area (Å²) >= 11 is 0. The molecule has 1 amide bonds. The SMILES string of the molecule is CC(C)(C)OC(=O)NCc1cc(C=O)nc([N+](=O)[O-])c1. The van der Waals surface area contributed by atoms with Gasteiger partial charge in [-0.05, 0) is 42.3 Å². The standard InChI is InChI=1S/C12H15N3O5/c1-12(2,3)20-11(17)13-6-8-4-9(7-16)14-10(5-8)15(18)19/h4-5,7H,6H2,1-3H3,(H,13,17). The molecule has 108 valence electrons. The number of nitrogens with zero attached hydrogens (tertiary/aromatic N) is 2. The molecular weight excluding hydrogens is 266 g/mol. The molecule has 0 aliphatic rings. The first-order valence-electron chi connectivity index (χ1n) is 5.78. The number of aldehydes is 1. The van der Waals surface area contributed by atoms with Gasteiger partial charge in [-0.1, -0.05) is 0 Å². The van der Waals surface area contributed by atoms with Crippen molar-refractivity contribution < 1.29 is 19.2 Å². The van der Waals surface area contributed by atoms with Crippen molar-refractivity contribution in [2.75, 3.05) is 0 Å². The minimum Gasteiger partial charge on any atom is -0.444 e. The molecule has 0 aliphatic carbocycles. The van der Waals surface area contributed by atoms with Gasteiger partial charge >= 0.3 is 11.9 Å². The van der Waals surface area contributed by atoms with E-state index in [9.17, 15) is 19.7 Å². The van der Waals surface area contributed by atoms with Crippen LogP contribution in [0.2, 0.25) is 0 Å². The Bertz CT molecular complexity index is 536. The van der Waals surface area contributed by atoms with Gasteiger partial charge in [0.25, 0.3) is 0 Å². The van der Waals surface area contributed by atoms with Crippen LogP contribution in [0.15, 0.2) is 12.1 Å². The van der Waals surface area contributed by atoms with E-state index in [1.807, 2.05) is 0 Å². The number of carbonyl (C=O) groups is 2. The van der Waals surface area contributed by atoms with E-state index in [1.54, 1.807) is 20.8 Å². The van der Waals surface area contributed by atoms with E-state index in [1.165, 1.54) is 12.1 Å². The number of hydrogen-bond donors (Lipinski definition) is 1. The van der Waals surface area contributed by atoms with E-state index in [0.717, 1.165) is 0 Å². The predicted octanol–water partition coefficient (Wildman–Crippen LogP) is 1.83. The van der Waals surface area contributed by atoms with Gasteiger partial charge in [-0.15, -0.1) is 0 Å². The first-order valence-corrected chi connectivity index (χ1v) is 5.78. The lowest BCUT2D eigenvalue weighted by atomic mass is 10.2. The zero-order valence-electron chi connectivity index (χ0n) is 11.4. The molecule has 1 rings (SSSR count). The maximum Gasteiger partial charge on any atom is 0.407 e. The van der Waals surface area contributed by atoms with Gasteiger partial charge in [-0.3, -0.25) is 4.79 Å². The molecule has 8 heteroatoms. The molecule has 1 heterocycles. The summed E-state index contributed by atoms with van der Waals surface area (Å²) in [6.07, 6.45) is -0.242. The Balaban J connectivity index is 2.77. The first-order chi connectivity index (χ1) is 9.21. The van der Waals surface area contributed by atoms with Gasteiger partial charge in [-0.25, -0.2) is 4.79 Å². The molecule has 0 bridgehead atoms. The Hall–Kier alpha value is -2.51. The highest BCUT2D eigenvalue weighted by molar-refractivity contribution is 5.73. The second-order valence-corrected chi connectivity index (χ2v) is 4.99. The largest absolute Gasteiger partial charge is 0.444 e. The second kappa shape index (κ2) is 6.09. The summed E-state index contributed by atoms with van der Waals surface area (Å²) in [6, 6.07) is 2.54. The number of alkyl carbamates (subject to hydrolysis) is 1. The van der Waals surface area contributed by atoms with Crippen LogP contribution in [-0.2, 0) is 11.3 Å². The quantitative estimate of drug-likeness (QED) is 0.512. The van der Waals surface area contributed by atoms with Crippen LogP contribution >= 0.6 is 0 Å². The fraction of sp³-hybridized carbons (Fsp3) is 0.417. The average molecular weight is 281 g/mol. The number of pyridine rings is 1. The fourth-order valence-corrected chi connectivity index (χ4v) is 1.34. The van der Waals surface area contributed by atoms with Crippen LogP contribution in [0.3, 0.4) is 0 Å². The Morgan fingerprint density at radius 3 is 2.65 bits per heavy atom. The molecule has 0 fully saturated rings. The highest BCUT2D eigenvalue weighted by Gasteiger charge is 2.17. The normalized spacial score (nSPS) is 10.8. The monoisotopic (exact) mass is 281 g/mol. The van der Waals surface area contributed by atoms with Crippen molar-refractivity contribution in [2.45, 2.75) is 32.9 Å². The number of nitrogens with one attached hydrogen (secondary N) is 1. The van der Waals surface area contributed by atoms with Crippen LogP contribution in [-0.4, -0.2) is 27.9 Å². The molecular formula is C12H15N3O5. The third-order valence-corrected chi connectivity index (χ3v) is 2.03. The van der Waals surface area contributed by atoms with E-state index >= 15 is 0 Å². The van der Waals surface area contributed by atoms with Crippen LogP contribution in [0.4, 0.5) is 10.6 Å². The van der Waals surface area contributed by atoms with Gasteiger partial charge in [0.1, 0.15) is 5.60 Å². The predicted molar refractivity (Wildman–Crippen MR) is 69.4 cm³/mol. The summed E-state index contributed by atoms with van der Waals surface area (Å²) < 4.78 is 5.02. The van der Waals surface area contributed by atoms with Gasteiger partial charge in [0.05, 0.1) is 0 Å².